The molecule has 0 atom stereocenters. The average Bonchev–Trinajstić information content (AvgIpc) is 2.41. The molecule has 0 bridgehead atoms. The molecule has 2 N–H and O–H groups in total. The first-order valence-corrected chi connectivity index (χ1v) is 5.58. The molecule has 94 valence electrons. The van der Waals surface area contributed by atoms with Crippen LogP contribution in [0.4, 0.5) is 5.69 Å². The third kappa shape index (κ3) is 2.69. The van der Waals surface area contributed by atoms with E-state index in [2.05, 4.69) is 10.3 Å². The second-order valence-corrected chi connectivity index (χ2v) is 3.93. The van der Waals surface area contributed by atoms with Crippen molar-refractivity contribution in [1.82, 2.24) is 4.98 Å². The number of aromatic hydroxyl groups is 1. The lowest BCUT2D eigenvalue weighted by molar-refractivity contribution is 0.102. The van der Waals surface area contributed by atoms with Gasteiger partial charge in [0, 0.05) is 11.9 Å². The van der Waals surface area contributed by atoms with E-state index >= 15 is 0 Å². The number of phenolic OH excluding ortho intramolecular Hbond substituents is 1. The van der Waals surface area contributed by atoms with Crippen molar-refractivity contribution in [1.29, 1.82) is 5.26 Å². The Hall–Kier alpha value is -2.87. The van der Waals surface area contributed by atoms with E-state index in [0.29, 0.717) is 16.8 Å². The molecule has 2 aromatic rings. The van der Waals surface area contributed by atoms with Crippen molar-refractivity contribution in [3.8, 4) is 11.8 Å². The lowest BCUT2D eigenvalue weighted by Gasteiger charge is -2.08. The van der Waals surface area contributed by atoms with Crippen molar-refractivity contribution in [2.45, 2.75) is 6.92 Å². The van der Waals surface area contributed by atoms with Crippen molar-refractivity contribution >= 4 is 11.6 Å². The molecule has 0 spiro atoms. The molecule has 2 rings (SSSR count). The summed E-state index contributed by atoms with van der Waals surface area (Å²) in [6.07, 6.45) is 1.60. The zero-order valence-electron chi connectivity index (χ0n) is 10.2. The summed E-state index contributed by atoms with van der Waals surface area (Å²) < 4.78 is 0. The van der Waals surface area contributed by atoms with Crippen LogP contribution < -0.4 is 5.32 Å². The van der Waals surface area contributed by atoms with Crippen LogP contribution in [-0.4, -0.2) is 16.0 Å². The number of hydrogen-bond acceptors (Lipinski definition) is 4. The molecule has 5 heteroatoms. The maximum atomic E-state index is 12.0. The van der Waals surface area contributed by atoms with E-state index in [-0.39, 0.29) is 17.3 Å². The summed E-state index contributed by atoms with van der Waals surface area (Å²) >= 11 is 0. The fraction of sp³-hybridized carbons (Fsp3) is 0.0714. The number of carbonyl (C=O) groups is 1. The summed E-state index contributed by atoms with van der Waals surface area (Å²) in [6.45, 7) is 1.72. The van der Waals surface area contributed by atoms with Gasteiger partial charge in [0.2, 0.25) is 0 Å². The third-order valence-corrected chi connectivity index (χ3v) is 2.63. The Morgan fingerprint density at radius 2 is 2.21 bits per heavy atom. The van der Waals surface area contributed by atoms with Gasteiger partial charge in [-0.3, -0.25) is 9.78 Å². The highest BCUT2D eigenvalue weighted by atomic mass is 16.3. The predicted molar refractivity (Wildman–Crippen MR) is 69.7 cm³/mol. The Balaban J connectivity index is 2.30. The summed E-state index contributed by atoms with van der Waals surface area (Å²) in [5, 5.41) is 21.0. The van der Waals surface area contributed by atoms with E-state index in [1.165, 1.54) is 18.2 Å². The summed E-state index contributed by atoms with van der Waals surface area (Å²) in [5.41, 5.74) is 1.57. The maximum absolute atomic E-state index is 12.0. The number of amides is 1. The fourth-order valence-corrected chi connectivity index (χ4v) is 1.62. The van der Waals surface area contributed by atoms with Crippen LogP contribution in [0.3, 0.4) is 0 Å². The molecule has 0 aliphatic heterocycles. The van der Waals surface area contributed by atoms with Crippen molar-refractivity contribution in [2.75, 3.05) is 5.32 Å². The Bertz CT molecular complexity index is 675. The molecule has 1 aromatic heterocycles. The second kappa shape index (κ2) is 5.19. The zero-order valence-corrected chi connectivity index (χ0v) is 10.2. The number of anilines is 1. The summed E-state index contributed by atoms with van der Waals surface area (Å²) in [7, 11) is 0. The van der Waals surface area contributed by atoms with E-state index < -0.39 is 0 Å². The summed E-state index contributed by atoms with van der Waals surface area (Å²) in [4.78, 5) is 16.1. The SMILES string of the molecule is Cc1ncccc1C(=O)Nc1cc(C#N)ccc1O. The molecule has 0 fully saturated rings. The van der Waals surface area contributed by atoms with Crippen LogP contribution in [0.5, 0.6) is 5.75 Å². The van der Waals surface area contributed by atoms with Crippen molar-refractivity contribution in [2.24, 2.45) is 0 Å². The number of aromatic nitrogens is 1. The number of phenols is 1. The quantitative estimate of drug-likeness (QED) is 0.803. The summed E-state index contributed by atoms with van der Waals surface area (Å²) in [5.74, 6) is -0.468. The van der Waals surface area contributed by atoms with Gasteiger partial charge in [0.25, 0.3) is 5.91 Å². The van der Waals surface area contributed by atoms with Crippen molar-refractivity contribution in [3.05, 3.63) is 53.3 Å². The number of aryl methyl sites for hydroxylation is 1. The molecular weight excluding hydrogens is 242 g/mol. The van der Waals surface area contributed by atoms with Gasteiger partial charge in [-0.25, -0.2) is 0 Å². The topological polar surface area (TPSA) is 86.0 Å². The molecule has 0 radical (unpaired) electrons. The van der Waals surface area contributed by atoms with E-state index in [1.807, 2.05) is 6.07 Å². The molecule has 0 aliphatic rings. The fourth-order valence-electron chi connectivity index (χ4n) is 1.62. The molecular formula is C14H11N3O2. The number of hydrogen-bond donors (Lipinski definition) is 2. The minimum absolute atomic E-state index is 0.0890. The Morgan fingerprint density at radius 3 is 2.89 bits per heavy atom. The highest BCUT2D eigenvalue weighted by Crippen LogP contribution is 2.24. The van der Waals surface area contributed by atoms with Crippen LogP contribution in [-0.2, 0) is 0 Å². The van der Waals surface area contributed by atoms with Gasteiger partial charge in [-0.05, 0) is 37.3 Å². The number of nitrogens with zero attached hydrogens (tertiary/aromatic N) is 2. The first-order chi connectivity index (χ1) is 9.11. The van der Waals surface area contributed by atoms with E-state index in [9.17, 15) is 9.90 Å². The van der Waals surface area contributed by atoms with Gasteiger partial charge in [-0.2, -0.15) is 5.26 Å². The van der Waals surface area contributed by atoms with Crippen LogP contribution in [0, 0.1) is 18.3 Å². The highest BCUT2D eigenvalue weighted by molar-refractivity contribution is 6.05. The van der Waals surface area contributed by atoms with E-state index in [1.54, 1.807) is 25.3 Å². The first-order valence-electron chi connectivity index (χ1n) is 5.58. The summed E-state index contributed by atoms with van der Waals surface area (Å²) in [6, 6.07) is 9.50. The van der Waals surface area contributed by atoms with Gasteiger partial charge in [-0.1, -0.05) is 0 Å². The molecule has 1 amide bonds. The van der Waals surface area contributed by atoms with Crippen molar-refractivity contribution in [3.63, 3.8) is 0 Å². The van der Waals surface area contributed by atoms with Crippen molar-refractivity contribution < 1.29 is 9.90 Å². The lowest BCUT2D eigenvalue weighted by atomic mass is 10.1. The van der Waals surface area contributed by atoms with Crippen LogP contribution in [0.1, 0.15) is 21.6 Å². The van der Waals surface area contributed by atoms with E-state index in [0.717, 1.165) is 0 Å². The third-order valence-electron chi connectivity index (χ3n) is 2.63. The van der Waals surface area contributed by atoms with Crippen LogP contribution in [0.2, 0.25) is 0 Å². The first kappa shape index (κ1) is 12.6. The van der Waals surface area contributed by atoms with Crippen LogP contribution in [0.15, 0.2) is 36.5 Å². The van der Waals surface area contributed by atoms with Crippen LogP contribution in [0.25, 0.3) is 0 Å². The van der Waals surface area contributed by atoms with E-state index in [4.69, 9.17) is 5.26 Å². The van der Waals surface area contributed by atoms with Gasteiger partial charge in [0.15, 0.2) is 0 Å². The predicted octanol–water partition coefficient (Wildman–Crippen LogP) is 2.22. The molecule has 0 saturated carbocycles. The second-order valence-electron chi connectivity index (χ2n) is 3.93. The maximum Gasteiger partial charge on any atom is 0.257 e. The Morgan fingerprint density at radius 1 is 1.42 bits per heavy atom. The minimum atomic E-state index is -0.379. The molecule has 0 unspecified atom stereocenters. The lowest BCUT2D eigenvalue weighted by Crippen LogP contribution is -2.14. The number of pyridine rings is 1. The number of nitrogens with one attached hydrogen (secondary N) is 1. The smallest absolute Gasteiger partial charge is 0.257 e. The van der Waals surface area contributed by atoms with Gasteiger partial charge < -0.3 is 10.4 Å². The monoisotopic (exact) mass is 253 g/mol. The van der Waals surface area contributed by atoms with Gasteiger partial charge in [0.05, 0.1) is 22.9 Å². The number of carbonyl (C=O) groups excluding carboxylic acids is 1. The molecule has 19 heavy (non-hydrogen) atoms. The molecule has 1 aromatic carbocycles. The number of benzene rings is 1. The normalized spacial score (nSPS) is 9.68. The average molecular weight is 253 g/mol. The minimum Gasteiger partial charge on any atom is -0.506 e. The van der Waals surface area contributed by atoms with Gasteiger partial charge in [0.1, 0.15) is 5.75 Å². The number of nitriles is 1. The van der Waals surface area contributed by atoms with Crippen LogP contribution >= 0.6 is 0 Å². The number of rotatable bonds is 2. The van der Waals surface area contributed by atoms with Gasteiger partial charge in [-0.15, -0.1) is 0 Å². The Kier molecular flexibility index (Phi) is 3.44. The van der Waals surface area contributed by atoms with Gasteiger partial charge >= 0.3 is 0 Å². The zero-order chi connectivity index (χ0) is 13.8. The Labute approximate surface area is 110 Å². The molecule has 0 saturated heterocycles. The highest BCUT2D eigenvalue weighted by Gasteiger charge is 2.12. The molecule has 0 aliphatic carbocycles. The molecule has 1 heterocycles. The standard InChI is InChI=1S/C14H11N3O2/c1-9-11(3-2-6-16-9)14(19)17-12-7-10(8-15)4-5-13(12)18/h2-7,18H,1H3,(H,17,19). The largest absolute Gasteiger partial charge is 0.506 e. The molecule has 5 nitrogen and oxygen atoms in total.